The third-order valence-electron chi connectivity index (χ3n) is 7.16. The molecule has 0 heterocycles. The molecule has 208 valence electrons. The molecule has 1 aromatic rings. The predicted octanol–water partition coefficient (Wildman–Crippen LogP) is 3.39. The van der Waals surface area contributed by atoms with Crippen LogP contribution in [-0.4, -0.2) is 65.5 Å². The van der Waals surface area contributed by atoms with Gasteiger partial charge in [-0.1, -0.05) is 20.3 Å². The van der Waals surface area contributed by atoms with Crippen LogP contribution in [-0.2, 0) is 22.4 Å². The average Bonchev–Trinajstić information content (AvgIpc) is 2.74. The standard InChI is InChI=1S/C28H43NO6.H2O.2H2/c1-17(2)7-6-8-21-15-24(29(4)5)22-13-19(14-26(34)27(22)28(21)35)12-20(9-10-30)23(16-31)25(33)11-18(3)32;;;/h15,17,19-20,23,30-31,35H,6-14,16H2,1-5H3;1H2;2*1H. The van der Waals surface area contributed by atoms with E-state index in [1.54, 1.807) is 0 Å². The maximum absolute atomic E-state index is 13.3. The number of carbonyl (C=O) groups is 3. The molecule has 5 N–H and O–H groups in total. The summed E-state index contributed by atoms with van der Waals surface area (Å²) < 4.78 is 0. The van der Waals surface area contributed by atoms with Gasteiger partial charge in [0.2, 0.25) is 0 Å². The van der Waals surface area contributed by atoms with Crippen LogP contribution in [0.3, 0.4) is 0 Å². The Morgan fingerprint density at radius 2 is 1.83 bits per heavy atom. The van der Waals surface area contributed by atoms with Crippen molar-refractivity contribution in [3.63, 3.8) is 0 Å². The van der Waals surface area contributed by atoms with Crippen molar-refractivity contribution in [1.82, 2.24) is 0 Å². The second-order valence-corrected chi connectivity index (χ2v) is 10.8. The fourth-order valence-corrected chi connectivity index (χ4v) is 5.41. The van der Waals surface area contributed by atoms with Gasteiger partial charge in [0.25, 0.3) is 0 Å². The monoisotopic (exact) mass is 511 g/mol. The summed E-state index contributed by atoms with van der Waals surface area (Å²) in [5.41, 5.74) is 2.95. The Morgan fingerprint density at radius 1 is 1.17 bits per heavy atom. The van der Waals surface area contributed by atoms with Gasteiger partial charge in [-0.2, -0.15) is 0 Å². The van der Waals surface area contributed by atoms with Crippen LogP contribution < -0.4 is 4.90 Å². The van der Waals surface area contributed by atoms with Gasteiger partial charge in [-0.25, -0.2) is 0 Å². The maximum atomic E-state index is 13.3. The molecule has 8 heteroatoms. The second-order valence-electron chi connectivity index (χ2n) is 10.8. The highest BCUT2D eigenvalue weighted by Crippen LogP contribution is 2.42. The molecule has 1 aromatic carbocycles. The Morgan fingerprint density at radius 3 is 2.36 bits per heavy atom. The van der Waals surface area contributed by atoms with Gasteiger partial charge in [0.05, 0.1) is 18.6 Å². The summed E-state index contributed by atoms with van der Waals surface area (Å²) in [6, 6.07) is 1.99. The number of anilines is 1. The highest BCUT2D eigenvalue weighted by atomic mass is 16.3. The zero-order valence-corrected chi connectivity index (χ0v) is 22.5. The van der Waals surface area contributed by atoms with E-state index in [4.69, 9.17) is 0 Å². The molecule has 36 heavy (non-hydrogen) atoms. The van der Waals surface area contributed by atoms with Crippen LogP contribution in [0.2, 0.25) is 0 Å². The first-order chi connectivity index (χ1) is 16.5. The molecule has 0 aliphatic heterocycles. The first kappa shape index (κ1) is 31.7. The number of rotatable bonds is 14. The lowest BCUT2D eigenvalue weighted by Gasteiger charge is -2.33. The van der Waals surface area contributed by atoms with Gasteiger partial charge in [0.1, 0.15) is 17.3 Å². The van der Waals surface area contributed by atoms with Gasteiger partial charge in [-0.3, -0.25) is 14.4 Å². The van der Waals surface area contributed by atoms with Gasteiger partial charge in [-0.15, -0.1) is 0 Å². The minimum Gasteiger partial charge on any atom is -0.507 e. The van der Waals surface area contributed by atoms with E-state index >= 15 is 0 Å². The molecule has 0 aromatic heterocycles. The van der Waals surface area contributed by atoms with E-state index in [2.05, 4.69) is 13.8 Å². The summed E-state index contributed by atoms with van der Waals surface area (Å²) in [5.74, 6) is -1.18. The van der Waals surface area contributed by atoms with E-state index in [1.165, 1.54) is 6.92 Å². The van der Waals surface area contributed by atoms with Crippen LogP contribution >= 0.6 is 0 Å². The van der Waals surface area contributed by atoms with Gasteiger partial charge in [-0.05, 0) is 74.0 Å². The third-order valence-corrected chi connectivity index (χ3v) is 7.16. The molecule has 2 rings (SSSR count). The average molecular weight is 512 g/mol. The maximum Gasteiger partial charge on any atom is 0.167 e. The van der Waals surface area contributed by atoms with E-state index < -0.39 is 12.5 Å². The molecule has 8 nitrogen and oxygen atoms in total. The molecule has 1 aliphatic carbocycles. The summed E-state index contributed by atoms with van der Waals surface area (Å²) in [4.78, 5) is 39.3. The third kappa shape index (κ3) is 8.11. The molecule has 0 bridgehead atoms. The number of phenols is 1. The van der Waals surface area contributed by atoms with Crippen molar-refractivity contribution in [2.24, 2.45) is 23.7 Å². The molecule has 0 saturated heterocycles. The number of aliphatic hydroxyl groups is 2. The summed E-state index contributed by atoms with van der Waals surface area (Å²) in [5, 5.41) is 30.6. The van der Waals surface area contributed by atoms with Crippen LogP contribution in [0.25, 0.3) is 0 Å². The second kappa shape index (κ2) is 14.4. The van der Waals surface area contributed by atoms with Crippen molar-refractivity contribution < 1.29 is 38.0 Å². The van der Waals surface area contributed by atoms with Gasteiger partial charge >= 0.3 is 0 Å². The number of Topliss-reactive ketones (excluding diaryl/α,β-unsaturated/α-hetero) is 3. The van der Waals surface area contributed by atoms with Crippen molar-refractivity contribution >= 4 is 23.0 Å². The number of aromatic hydroxyl groups is 1. The van der Waals surface area contributed by atoms with Crippen LogP contribution in [0.15, 0.2) is 6.07 Å². The molecule has 3 atom stereocenters. The first-order valence-corrected chi connectivity index (χ1v) is 12.8. The number of phenolic OH excluding ortho intramolecular Hbond substituents is 1. The minimum absolute atomic E-state index is 0. The van der Waals surface area contributed by atoms with Gasteiger partial charge < -0.3 is 25.7 Å². The minimum atomic E-state index is -0.743. The largest absolute Gasteiger partial charge is 0.507 e. The first-order valence-electron chi connectivity index (χ1n) is 12.8. The number of ketones is 3. The predicted molar refractivity (Wildman–Crippen MR) is 145 cm³/mol. The van der Waals surface area contributed by atoms with Crippen LogP contribution in [0, 0.1) is 23.7 Å². The number of nitrogens with zero attached hydrogens (tertiary/aromatic N) is 1. The Labute approximate surface area is 218 Å². The SMILES string of the molecule is CC(=O)CC(=O)C(CO)C(CCO)CC1CC(=O)c2c(O)c(CCCC(C)C)cc(N(C)C)c2C1.O.[HH].[HH]. The van der Waals surface area contributed by atoms with Gasteiger partial charge in [0.15, 0.2) is 5.78 Å². The van der Waals surface area contributed by atoms with Crippen molar-refractivity contribution in [2.45, 2.75) is 72.1 Å². The molecule has 0 radical (unpaired) electrons. The molecule has 1 aliphatic rings. The molecular weight excluding hydrogens is 462 g/mol. The number of carbonyl (C=O) groups excluding carboxylic acids is 3. The lowest BCUT2D eigenvalue weighted by molar-refractivity contribution is -0.131. The van der Waals surface area contributed by atoms with Crippen molar-refractivity contribution in [1.29, 1.82) is 0 Å². The Hall–Kier alpha value is -2.29. The number of aryl methyl sites for hydroxylation is 1. The topological polar surface area (TPSA) is 147 Å². The zero-order valence-electron chi connectivity index (χ0n) is 22.5. The number of fused-ring (bicyclic) bond motifs is 1. The fraction of sp³-hybridized carbons (Fsp3) is 0.679. The summed E-state index contributed by atoms with van der Waals surface area (Å²) in [7, 11) is 3.85. The number of hydrogen-bond donors (Lipinski definition) is 3. The molecule has 0 spiro atoms. The molecule has 3 unspecified atom stereocenters. The molecule has 0 amide bonds. The zero-order chi connectivity index (χ0) is 26.3. The van der Waals surface area contributed by atoms with Gasteiger partial charge in [0, 0.05) is 41.6 Å². The Kier molecular flexibility index (Phi) is 12.7. The summed E-state index contributed by atoms with van der Waals surface area (Å²) in [6.07, 6.45) is 4.05. The number of benzene rings is 1. The smallest absolute Gasteiger partial charge is 0.167 e. The highest BCUT2D eigenvalue weighted by molar-refractivity contribution is 6.03. The molecule has 0 saturated carbocycles. The van der Waals surface area contributed by atoms with Crippen LogP contribution in [0.4, 0.5) is 5.69 Å². The van der Waals surface area contributed by atoms with Crippen molar-refractivity contribution in [2.75, 3.05) is 32.2 Å². The molecule has 0 fully saturated rings. The summed E-state index contributed by atoms with van der Waals surface area (Å²) in [6.45, 7) is 5.14. The lowest BCUT2D eigenvalue weighted by Crippen LogP contribution is -2.33. The Balaban J connectivity index is 0. The van der Waals surface area contributed by atoms with Crippen LogP contribution in [0.5, 0.6) is 5.75 Å². The fourth-order valence-electron chi connectivity index (χ4n) is 5.41. The van der Waals surface area contributed by atoms with E-state index in [1.807, 2.05) is 25.1 Å². The number of aliphatic hydroxyl groups excluding tert-OH is 2. The van der Waals surface area contributed by atoms with E-state index in [9.17, 15) is 29.7 Å². The van der Waals surface area contributed by atoms with Crippen molar-refractivity contribution in [3.05, 3.63) is 22.8 Å². The molecular formula is C28H49NO7. The Bertz CT molecular complexity index is 921. The quantitative estimate of drug-likeness (QED) is 0.324. The van der Waals surface area contributed by atoms with Crippen LogP contribution in [0.1, 0.15) is 83.6 Å². The lowest BCUT2D eigenvalue weighted by atomic mass is 9.73. The van der Waals surface area contributed by atoms with E-state index in [0.29, 0.717) is 37.2 Å². The van der Waals surface area contributed by atoms with E-state index in [-0.39, 0.29) is 62.7 Å². The normalized spacial score (nSPS) is 16.8. The van der Waals surface area contributed by atoms with Crippen molar-refractivity contribution in [3.8, 4) is 5.75 Å². The highest BCUT2D eigenvalue weighted by Gasteiger charge is 2.35. The summed E-state index contributed by atoms with van der Waals surface area (Å²) >= 11 is 0. The van der Waals surface area contributed by atoms with E-state index in [0.717, 1.165) is 29.7 Å². The number of hydrogen-bond acceptors (Lipinski definition) is 7.